The van der Waals surface area contributed by atoms with Gasteiger partial charge in [-0.15, -0.1) is 0 Å². The zero-order valence-electron chi connectivity index (χ0n) is 13.0. The van der Waals surface area contributed by atoms with Crippen LogP contribution in [-0.2, 0) is 9.53 Å². The summed E-state index contributed by atoms with van der Waals surface area (Å²) in [6.07, 6.45) is 4.89. The zero-order valence-corrected chi connectivity index (χ0v) is 13.0. The standard InChI is InChI=1S/C17H28O3/c1-11(2)14-5-6-17(9-14)12(3)7-16(19)8-15(17)10-20-13(4)18/h12,14-16,19H,1,5-10H2,2-4H3/t12-,14-,15+,16+,17+/m1/s1. The second kappa shape index (κ2) is 5.88. The molecule has 0 radical (unpaired) electrons. The highest BCUT2D eigenvalue weighted by molar-refractivity contribution is 5.65. The van der Waals surface area contributed by atoms with Crippen molar-refractivity contribution in [2.24, 2.45) is 23.2 Å². The molecule has 2 rings (SSSR count). The van der Waals surface area contributed by atoms with Gasteiger partial charge in [-0.2, -0.15) is 0 Å². The predicted octanol–water partition coefficient (Wildman–Crippen LogP) is 3.32. The van der Waals surface area contributed by atoms with Crippen LogP contribution in [0.15, 0.2) is 12.2 Å². The van der Waals surface area contributed by atoms with E-state index in [9.17, 15) is 9.90 Å². The third-order valence-corrected chi connectivity index (χ3v) is 5.75. The first-order valence-corrected chi connectivity index (χ1v) is 7.82. The van der Waals surface area contributed by atoms with Crippen LogP contribution in [0.5, 0.6) is 0 Å². The van der Waals surface area contributed by atoms with Gasteiger partial charge in [-0.3, -0.25) is 4.79 Å². The Morgan fingerprint density at radius 1 is 1.40 bits per heavy atom. The number of esters is 1. The number of hydrogen-bond donors (Lipinski definition) is 1. The lowest BCUT2D eigenvalue weighted by Crippen LogP contribution is -2.45. The van der Waals surface area contributed by atoms with Crippen LogP contribution >= 0.6 is 0 Å². The van der Waals surface area contributed by atoms with Gasteiger partial charge < -0.3 is 9.84 Å². The molecule has 0 aromatic carbocycles. The van der Waals surface area contributed by atoms with Crippen molar-refractivity contribution in [3.63, 3.8) is 0 Å². The molecule has 3 heteroatoms. The van der Waals surface area contributed by atoms with Crippen molar-refractivity contribution in [2.75, 3.05) is 6.61 Å². The predicted molar refractivity (Wildman–Crippen MR) is 79.1 cm³/mol. The molecule has 20 heavy (non-hydrogen) atoms. The van der Waals surface area contributed by atoms with Crippen LogP contribution in [-0.4, -0.2) is 23.8 Å². The smallest absolute Gasteiger partial charge is 0.302 e. The SMILES string of the molecule is C=C(C)[C@@H]1CC[C@@]2(C1)[C@H](COC(C)=O)C[C@@H](O)C[C@H]2C. The maximum atomic E-state index is 11.1. The first-order valence-electron chi connectivity index (χ1n) is 7.82. The topological polar surface area (TPSA) is 46.5 Å². The van der Waals surface area contributed by atoms with Crippen LogP contribution in [0.2, 0.25) is 0 Å². The van der Waals surface area contributed by atoms with Gasteiger partial charge in [0.15, 0.2) is 0 Å². The van der Waals surface area contributed by atoms with Gasteiger partial charge in [-0.1, -0.05) is 19.1 Å². The van der Waals surface area contributed by atoms with Gasteiger partial charge in [0.1, 0.15) is 0 Å². The molecule has 0 heterocycles. The molecular weight excluding hydrogens is 252 g/mol. The normalized spacial score (nSPS) is 40.8. The van der Waals surface area contributed by atoms with Crippen LogP contribution in [0.3, 0.4) is 0 Å². The van der Waals surface area contributed by atoms with Crippen LogP contribution in [0, 0.1) is 23.2 Å². The Morgan fingerprint density at radius 3 is 2.65 bits per heavy atom. The number of aliphatic hydroxyl groups is 1. The Labute approximate surface area is 122 Å². The minimum Gasteiger partial charge on any atom is -0.466 e. The van der Waals surface area contributed by atoms with E-state index in [4.69, 9.17) is 4.74 Å². The fraction of sp³-hybridized carbons (Fsp3) is 0.824. The lowest BCUT2D eigenvalue weighted by atomic mass is 9.58. The van der Waals surface area contributed by atoms with Crippen LogP contribution in [0.1, 0.15) is 52.9 Å². The third-order valence-electron chi connectivity index (χ3n) is 5.75. The Bertz CT molecular complexity index is 390. The van der Waals surface area contributed by atoms with Crippen molar-refractivity contribution < 1.29 is 14.6 Å². The number of aliphatic hydroxyl groups excluding tert-OH is 1. The summed E-state index contributed by atoms with van der Waals surface area (Å²) in [5.74, 6) is 1.14. The van der Waals surface area contributed by atoms with Crippen molar-refractivity contribution in [3.05, 3.63) is 12.2 Å². The summed E-state index contributed by atoms with van der Waals surface area (Å²) in [6, 6.07) is 0. The van der Waals surface area contributed by atoms with Gasteiger partial charge in [0.25, 0.3) is 0 Å². The van der Waals surface area contributed by atoms with Gasteiger partial charge in [-0.05, 0) is 56.3 Å². The molecule has 0 aliphatic heterocycles. The Morgan fingerprint density at radius 2 is 2.10 bits per heavy atom. The monoisotopic (exact) mass is 280 g/mol. The van der Waals surface area contributed by atoms with E-state index in [1.807, 2.05) is 0 Å². The highest BCUT2D eigenvalue weighted by Gasteiger charge is 2.52. The summed E-state index contributed by atoms with van der Waals surface area (Å²) in [5, 5.41) is 10.1. The summed E-state index contributed by atoms with van der Waals surface area (Å²) in [7, 11) is 0. The molecule has 0 unspecified atom stereocenters. The number of rotatable bonds is 3. The highest BCUT2D eigenvalue weighted by atomic mass is 16.5. The van der Waals surface area contributed by atoms with Crippen molar-refractivity contribution >= 4 is 5.97 Å². The third kappa shape index (κ3) is 2.93. The highest BCUT2D eigenvalue weighted by Crippen LogP contribution is 2.58. The molecule has 5 atom stereocenters. The van der Waals surface area contributed by atoms with Crippen molar-refractivity contribution in [2.45, 2.75) is 59.0 Å². The summed E-state index contributed by atoms with van der Waals surface area (Å²) >= 11 is 0. The maximum absolute atomic E-state index is 11.1. The number of carbonyl (C=O) groups excluding carboxylic acids is 1. The Hall–Kier alpha value is -0.830. The lowest BCUT2D eigenvalue weighted by Gasteiger charge is -2.48. The van der Waals surface area contributed by atoms with E-state index >= 15 is 0 Å². The van der Waals surface area contributed by atoms with Gasteiger partial charge in [0.05, 0.1) is 12.7 Å². The number of carbonyl (C=O) groups is 1. The minimum absolute atomic E-state index is 0.220. The molecule has 114 valence electrons. The quantitative estimate of drug-likeness (QED) is 0.637. The molecule has 0 aromatic rings. The number of allylic oxidation sites excluding steroid dienone is 1. The van der Waals surface area contributed by atoms with Gasteiger partial charge in [-0.25, -0.2) is 0 Å². The van der Waals surface area contributed by atoms with Gasteiger partial charge in [0.2, 0.25) is 0 Å². The first-order chi connectivity index (χ1) is 9.35. The van der Waals surface area contributed by atoms with Crippen LogP contribution < -0.4 is 0 Å². The molecule has 0 amide bonds. The Kier molecular flexibility index (Phi) is 4.58. The lowest BCUT2D eigenvalue weighted by molar-refractivity contribution is -0.147. The van der Waals surface area contributed by atoms with E-state index in [1.54, 1.807) is 0 Å². The fourth-order valence-corrected chi connectivity index (χ4v) is 4.50. The van der Waals surface area contributed by atoms with E-state index in [0.29, 0.717) is 18.4 Å². The van der Waals surface area contributed by atoms with E-state index in [2.05, 4.69) is 20.4 Å². The summed E-state index contributed by atoms with van der Waals surface area (Å²) in [5.41, 5.74) is 1.49. The van der Waals surface area contributed by atoms with E-state index in [0.717, 1.165) is 19.3 Å². The Balaban J connectivity index is 2.16. The van der Waals surface area contributed by atoms with E-state index in [-0.39, 0.29) is 23.4 Å². The van der Waals surface area contributed by atoms with Gasteiger partial charge >= 0.3 is 5.97 Å². The second-order valence-corrected chi connectivity index (χ2v) is 7.05. The summed E-state index contributed by atoms with van der Waals surface area (Å²) in [6.45, 7) is 10.4. The summed E-state index contributed by atoms with van der Waals surface area (Å²) in [4.78, 5) is 11.1. The first kappa shape index (κ1) is 15.6. The van der Waals surface area contributed by atoms with Gasteiger partial charge in [0, 0.05) is 12.8 Å². The molecular formula is C17H28O3. The molecule has 0 aromatic heterocycles. The maximum Gasteiger partial charge on any atom is 0.302 e. The van der Waals surface area contributed by atoms with Crippen molar-refractivity contribution in [1.82, 2.24) is 0 Å². The average Bonchev–Trinajstić information content (AvgIpc) is 2.78. The number of ether oxygens (including phenoxy) is 1. The van der Waals surface area contributed by atoms with Crippen LogP contribution in [0.25, 0.3) is 0 Å². The second-order valence-electron chi connectivity index (χ2n) is 7.05. The van der Waals surface area contributed by atoms with Crippen LogP contribution in [0.4, 0.5) is 0 Å². The molecule has 0 saturated heterocycles. The van der Waals surface area contributed by atoms with Crippen molar-refractivity contribution in [1.29, 1.82) is 0 Å². The molecule has 1 N–H and O–H groups in total. The molecule has 2 saturated carbocycles. The molecule has 2 aliphatic carbocycles. The fourth-order valence-electron chi connectivity index (χ4n) is 4.50. The molecule has 2 aliphatic rings. The molecule has 1 spiro atoms. The zero-order chi connectivity index (χ0) is 14.9. The van der Waals surface area contributed by atoms with E-state index < -0.39 is 0 Å². The van der Waals surface area contributed by atoms with Crippen molar-refractivity contribution in [3.8, 4) is 0 Å². The summed E-state index contributed by atoms with van der Waals surface area (Å²) < 4.78 is 5.29. The molecule has 2 fully saturated rings. The minimum atomic E-state index is -0.250. The molecule has 0 bridgehead atoms. The van der Waals surface area contributed by atoms with E-state index in [1.165, 1.54) is 25.3 Å². The molecule has 3 nitrogen and oxygen atoms in total. The number of hydrogen-bond acceptors (Lipinski definition) is 3. The largest absolute Gasteiger partial charge is 0.466 e. The average molecular weight is 280 g/mol.